The Balaban J connectivity index is 2.21. The number of aromatic amines is 1. The zero-order valence-electron chi connectivity index (χ0n) is 13.2. The zero-order chi connectivity index (χ0) is 17.6. The molecule has 0 radical (unpaired) electrons. The fourth-order valence-electron chi connectivity index (χ4n) is 3.04. The quantitative estimate of drug-likeness (QED) is 0.856. The van der Waals surface area contributed by atoms with Gasteiger partial charge in [0, 0.05) is 29.0 Å². The molecule has 2 atom stereocenters. The van der Waals surface area contributed by atoms with E-state index in [2.05, 4.69) is 4.98 Å². The molecule has 2 aromatic rings. The summed E-state index contributed by atoms with van der Waals surface area (Å²) < 4.78 is 33.3. The van der Waals surface area contributed by atoms with Gasteiger partial charge in [0.2, 0.25) is 10.0 Å². The molecule has 130 valence electrons. The molecule has 0 aliphatic carbocycles. The number of ether oxygens (including phenoxy) is 1. The first-order valence-corrected chi connectivity index (χ1v) is 9.28. The minimum atomic E-state index is -3.94. The lowest BCUT2D eigenvalue weighted by Gasteiger charge is -2.34. The van der Waals surface area contributed by atoms with Crippen LogP contribution in [0, 0.1) is 0 Å². The second kappa shape index (κ2) is 6.03. The molecule has 24 heavy (non-hydrogen) atoms. The van der Waals surface area contributed by atoms with Gasteiger partial charge in [0.25, 0.3) is 5.91 Å². The third-order valence-corrected chi connectivity index (χ3v) is 6.10. The SMILES string of the molecule is CC1CN(S(=O)(=O)c2c(C(N)=O)[nH]c3ccc(Cl)cc23)CC(C)O1. The van der Waals surface area contributed by atoms with E-state index in [0.717, 1.165) is 0 Å². The lowest BCUT2D eigenvalue weighted by atomic mass is 10.2. The Hall–Kier alpha value is -1.61. The standard InChI is InChI=1S/C15H18ClN3O4S/c1-8-6-19(7-9(2)23-8)24(21,22)14-11-5-10(16)3-4-12(11)18-13(14)15(17)20/h3-5,8-9,18H,6-7H2,1-2H3,(H2,17,20). The molecule has 1 amide bonds. The number of hydrogen-bond donors (Lipinski definition) is 2. The molecule has 2 unspecified atom stereocenters. The van der Waals surface area contributed by atoms with Crippen LogP contribution in [0.25, 0.3) is 10.9 Å². The lowest BCUT2D eigenvalue weighted by molar-refractivity contribution is -0.0440. The number of aromatic nitrogens is 1. The Bertz CT molecular complexity index is 899. The third-order valence-electron chi connectivity index (χ3n) is 3.94. The van der Waals surface area contributed by atoms with E-state index in [0.29, 0.717) is 15.9 Å². The molecule has 3 rings (SSSR count). The molecule has 2 heterocycles. The molecule has 9 heteroatoms. The summed E-state index contributed by atoms with van der Waals surface area (Å²) in [4.78, 5) is 14.4. The molecule has 1 aromatic heterocycles. The zero-order valence-corrected chi connectivity index (χ0v) is 14.8. The Morgan fingerprint density at radius 2 is 1.96 bits per heavy atom. The number of primary amides is 1. The first-order chi connectivity index (χ1) is 11.2. The number of nitrogens with one attached hydrogen (secondary N) is 1. The van der Waals surface area contributed by atoms with Gasteiger partial charge in [-0.05, 0) is 32.0 Å². The second-order valence-corrected chi connectivity index (χ2v) is 8.27. The van der Waals surface area contributed by atoms with E-state index >= 15 is 0 Å². The van der Waals surface area contributed by atoms with Crippen LogP contribution in [0.1, 0.15) is 24.3 Å². The number of morpholine rings is 1. The Morgan fingerprint density at radius 3 is 2.54 bits per heavy atom. The van der Waals surface area contributed by atoms with Gasteiger partial charge >= 0.3 is 0 Å². The highest BCUT2D eigenvalue weighted by Crippen LogP contribution is 2.32. The second-order valence-electron chi connectivity index (χ2n) is 5.96. The Labute approximate surface area is 144 Å². The van der Waals surface area contributed by atoms with Crippen molar-refractivity contribution in [3.63, 3.8) is 0 Å². The summed E-state index contributed by atoms with van der Waals surface area (Å²) in [5.41, 5.74) is 5.73. The van der Waals surface area contributed by atoms with Crippen LogP contribution >= 0.6 is 11.6 Å². The molecule has 1 aliphatic rings. The maximum Gasteiger partial charge on any atom is 0.266 e. The first-order valence-electron chi connectivity index (χ1n) is 7.46. The number of carbonyl (C=O) groups is 1. The van der Waals surface area contributed by atoms with Gasteiger partial charge < -0.3 is 15.5 Å². The normalized spacial score (nSPS) is 22.8. The summed E-state index contributed by atoms with van der Waals surface area (Å²) in [6.45, 7) is 4.02. The number of nitrogens with zero attached hydrogens (tertiary/aromatic N) is 1. The van der Waals surface area contributed by atoms with Crippen LogP contribution in [0.4, 0.5) is 0 Å². The topological polar surface area (TPSA) is 105 Å². The molecule has 7 nitrogen and oxygen atoms in total. The van der Waals surface area contributed by atoms with Crippen molar-refractivity contribution in [1.82, 2.24) is 9.29 Å². The largest absolute Gasteiger partial charge is 0.373 e. The van der Waals surface area contributed by atoms with Gasteiger partial charge in [-0.25, -0.2) is 8.42 Å². The maximum atomic E-state index is 13.2. The van der Waals surface area contributed by atoms with Gasteiger partial charge in [0.1, 0.15) is 10.6 Å². The van der Waals surface area contributed by atoms with Crippen LogP contribution in [0.15, 0.2) is 23.1 Å². The highest BCUT2D eigenvalue weighted by atomic mass is 35.5. The number of H-pyrrole nitrogens is 1. The number of rotatable bonds is 3. The average molecular weight is 372 g/mol. The van der Waals surface area contributed by atoms with Gasteiger partial charge in [-0.15, -0.1) is 0 Å². The van der Waals surface area contributed by atoms with Crippen molar-refractivity contribution >= 4 is 38.4 Å². The molecular weight excluding hydrogens is 354 g/mol. The number of nitrogens with two attached hydrogens (primary N) is 1. The van der Waals surface area contributed by atoms with E-state index in [9.17, 15) is 13.2 Å². The highest BCUT2D eigenvalue weighted by Gasteiger charge is 2.36. The minimum Gasteiger partial charge on any atom is -0.373 e. The van der Waals surface area contributed by atoms with E-state index in [4.69, 9.17) is 22.1 Å². The molecular formula is C15H18ClN3O4S. The number of halogens is 1. The summed E-state index contributed by atoms with van der Waals surface area (Å²) in [7, 11) is -3.94. The van der Waals surface area contributed by atoms with Crippen LogP contribution in [0.3, 0.4) is 0 Å². The third kappa shape index (κ3) is 2.90. The fraction of sp³-hybridized carbons (Fsp3) is 0.400. The fourth-order valence-corrected chi connectivity index (χ4v) is 5.14. The number of carbonyl (C=O) groups excluding carboxylic acids is 1. The van der Waals surface area contributed by atoms with Crippen molar-refractivity contribution in [2.24, 2.45) is 5.73 Å². The monoisotopic (exact) mass is 371 g/mol. The molecule has 1 aromatic carbocycles. The van der Waals surface area contributed by atoms with Crippen LogP contribution < -0.4 is 5.73 Å². The number of amides is 1. The number of fused-ring (bicyclic) bond motifs is 1. The molecule has 0 saturated carbocycles. The summed E-state index contributed by atoms with van der Waals surface area (Å²) >= 11 is 6.00. The van der Waals surface area contributed by atoms with Crippen molar-refractivity contribution in [2.45, 2.75) is 31.0 Å². The van der Waals surface area contributed by atoms with E-state index in [1.165, 1.54) is 10.4 Å². The average Bonchev–Trinajstić information content (AvgIpc) is 2.85. The molecule has 0 bridgehead atoms. The highest BCUT2D eigenvalue weighted by molar-refractivity contribution is 7.89. The number of benzene rings is 1. The lowest BCUT2D eigenvalue weighted by Crippen LogP contribution is -2.48. The predicted molar refractivity (Wildman–Crippen MR) is 90.6 cm³/mol. The number of sulfonamides is 1. The Morgan fingerprint density at radius 1 is 1.33 bits per heavy atom. The van der Waals surface area contributed by atoms with E-state index in [1.807, 2.05) is 0 Å². The van der Waals surface area contributed by atoms with Crippen LogP contribution in [0.2, 0.25) is 5.02 Å². The smallest absolute Gasteiger partial charge is 0.266 e. The maximum absolute atomic E-state index is 13.2. The summed E-state index contributed by atoms with van der Waals surface area (Å²) in [5.74, 6) is -0.838. The summed E-state index contributed by atoms with van der Waals surface area (Å²) in [5, 5.41) is 0.723. The van der Waals surface area contributed by atoms with Crippen molar-refractivity contribution in [3.05, 3.63) is 28.9 Å². The predicted octanol–water partition coefficient (Wildman–Crippen LogP) is 1.72. The van der Waals surface area contributed by atoms with Gasteiger partial charge in [-0.3, -0.25) is 4.79 Å². The van der Waals surface area contributed by atoms with Crippen molar-refractivity contribution < 1.29 is 17.9 Å². The van der Waals surface area contributed by atoms with E-state index in [-0.39, 0.29) is 35.9 Å². The molecule has 0 spiro atoms. The van der Waals surface area contributed by atoms with E-state index in [1.54, 1.807) is 26.0 Å². The van der Waals surface area contributed by atoms with Gasteiger partial charge in [0.05, 0.1) is 12.2 Å². The number of hydrogen-bond acceptors (Lipinski definition) is 4. The molecule has 1 aliphatic heterocycles. The van der Waals surface area contributed by atoms with Crippen LogP contribution in [-0.2, 0) is 14.8 Å². The first kappa shape index (κ1) is 17.2. The van der Waals surface area contributed by atoms with Gasteiger partial charge in [-0.1, -0.05) is 11.6 Å². The van der Waals surface area contributed by atoms with Crippen LogP contribution in [0.5, 0.6) is 0 Å². The van der Waals surface area contributed by atoms with Gasteiger partial charge in [0.15, 0.2) is 0 Å². The minimum absolute atomic E-state index is 0.131. The summed E-state index contributed by atoms with van der Waals surface area (Å²) in [6, 6.07) is 4.74. The van der Waals surface area contributed by atoms with E-state index < -0.39 is 15.9 Å². The van der Waals surface area contributed by atoms with Crippen molar-refractivity contribution in [3.8, 4) is 0 Å². The molecule has 1 fully saturated rings. The molecule has 3 N–H and O–H groups in total. The molecule has 1 saturated heterocycles. The van der Waals surface area contributed by atoms with Crippen molar-refractivity contribution in [2.75, 3.05) is 13.1 Å². The summed E-state index contributed by atoms with van der Waals surface area (Å²) in [6.07, 6.45) is -0.483. The van der Waals surface area contributed by atoms with Crippen molar-refractivity contribution in [1.29, 1.82) is 0 Å². The van der Waals surface area contributed by atoms with Gasteiger partial charge in [-0.2, -0.15) is 4.31 Å². The van der Waals surface area contributed by atoms with Crippen LogP contribution in [-0.4, -0.2) is 48.9 Å². The Kier molecular flexibility index (Phi) is 4.33.